The van der Waals surface area contributed by atoms with E-state index in [0.717, 1.165) is 5.92 Å². The maximum atomic E-state index is 10.1. The van der Waals surface area contributed by atoms with Crippen LogP contribution >= 0.6 is 0 Å². The van der Waals surface area contributed by atoms with Gasteiger partial charge in [0.25, 0.3) is 0 Å². The van der Waals surface area contributed by atoms with Crippen molar-refractivity contribution in [2.45, 2.75) is 56.9 Å². The van der Waals surface area contributed by atoms with Gasteiger partial charge in [0.15, 0.2) is 0 Å². The second-order valence-corrected chi connectivity index (χ2v) is 6.14. The molecule has 0 N–H and O–H groups in total. The van der Waals surface area contributed by atoms with Gasteiger partial charge in [-0.25, -0.2) is 0 Å². The summed E-state index contributed by atoms with van der Waals surface area (Å²) in [5.41, 5.74) is 1.32. The molecule has 0 saturated heterocycles. The zero-order valence-corrected chi connectivity index (χ0v) is 17.2. The molecule has 0 aromatic heterocycles. The lowest BCUT2D eigenvalue weighted by Gasteiger charge is -2.02. The molecule has 0 bridgehead atoms. The van der Waals surface area contributed by atoms with E-state index in [0.29, 0.717) is 0 Å². The highest BCUT2D eigenvalue weighted by atomic mass is 16.2. The number of aryl methyl sites for hydroxylation is 1. The van der Waals surface area contributed by atoms with Crippen molar-refractivity contribution in [2.75, 3.05) is 35.2 Å². The molecule has 0 atom stereocenters. The summed E-state index contributed by atoms with van der Waals surface area (Å²) in [6, 6.07) is 10.3. The Hall–Kier alpha value is -1.61. The van der Waals surface area contributed by atoms with Crippen LogP contribution in [-0.4, -0.2) is 50.9 Å². The van der Waals surface area contributed by atoms with Crippen molar-refractivity contribution in [3.63, 3.8) is 0 Å². The summed E-state index contributed by atoms with van der Waals surface area (Å²) in [5.74, 6) is 0.926. The quantitative estimate of drug-likeness (QED) is 0.476. The number of carbonyl (C=O) groups is 1. The van der Waals surface area contributed by atoms with Crippen molar-refractivity contribution in [3.05, 3.63) is 49.1 Å². The second-order valence-electron chi connectivity index (χ2n) is 6.14. The van der Waals surface area contributed by atoms with Gasteiger partial charge in [-0.2, -0.15) is 0 Å². The molecule has 1 amide bonds. The van der Waals surface area contributed by atoms with Crippen molar-refractivity contribution in [3.8, 4) is 0 Å². The lowest BCUT2D eigenvalue weighted by Crippen LogP contribution is -2.17. The second kappa shape index (κ2) is 34.7. The van der Waals surface area contributed by atoms with Gasteiger partial charge in [-0.15, -0.1) is 13.2 Å². The summed E-state index contributed by atoms with van der Waals surface area (Å²) < 4.78 is 0. The van der Waals surface area contributed by atoms with E-state index in [1.54, 1.807) is 14.1 Å². The van der Waals surface area contributed by atoms with Crippen LogP contribution in [0.3, 0.4) is 0 Å². The maximum Gasteiger partial charge on any atom is 0.218 e. The number of carbonyl (C=O) groups excluding carboxylic acids is 1. The number of amides is 1. The number of hydrogen-bond donors (Lipinski definition) is 0. The number of hydrogen-bond acceptors (Lipinski definition) is 2. The minimum absolute atomic E-state index is 0. The fourth-order valence-electron chi connectivity index (χ4n) is 0.534. The summed E-state index contributed by atoms with van der Waals surface area (Å²) in [5, 5.41) is 0. The van der Waals surface area contributed by atoms with Crippen LogP contribution in [0, 0.1) is 12.8 Å². The van der Waals surface area contributed by atoms with Crippen LogP contribution in [0.5, 0.6) is 0 Å². The summed E-state index contributed by atoms with van der Waals surface area (Å²) in [7, 11) is 9.45. The van der Waals surface area contributed by atoms with E-state index < -0.39 is 0 Å². The fourth-order valence-corrected chi connectivity index (χ4v) is 0.534. The standard InChI is InChI=1S/C7H8.C4H9NO.C4H10.C3H9N.C2H4.3CH4/c1-7-5-3-2-4-6-7;1-4(6)5(2)3;2*1-4(2)3;1-2;;;/h2-6H,1H3;1-3H3;4H,1-3H3;1-3H3;1-2H2;3*1H4. The average molecular weight is 373 g/mol. The molecule has 1 rings (SSSR count). The maximum absolute atomic E-state index is 10.1. The van der Waals surface area contributed by atoms with Crippen molar-refractivity contribution in [1.82, 2.24) is 9.80 Å². The van der Waals surface area contributed by atoms with Gasteiger partial charge < -0.3 is 9.80 Å². The molecule has 0 unspecified atom stereocenters. The van der Waals surface area contributed by atoms with Gasteiger partial charge in [-0.3, -0.25) is 4.79 Å². The van der Waals surface area contributed by atoms with Gasteiger partial charge in [0.1, 0.15) is 0 Å². The Kier molecular flexibility index (Phi) is 58.8. The first-order valence-corrected chi connectivity index (χ1v) is 7.81. The first-order chi connectivity index (χ1) is 10.5. The third kappa shape index (κ3) is 94.9. The Morgan fingerprint density at radius 3 is 1.12 bits per heavy atom. The van der Waals surface area contributed by atoms with Crippen LogP contribution in [0.4, 0.5) is 0 Å². The summed E-state index contributed by atoms with van der Waals surface area (Å²) in [6.45, 7) is 16.1. The van der Waals surface area contributed by atoms with Crippen molar-refractivity contribution in [1.29, 1.82) is 0 Å². The van der Waals surface area contributed by atoms with Crippen LogP contribution in [-0.2, 0) is 4.79 Å². The molecule has 3 nitrogen and oxygen atoms in total. The molecule has 1 aromatic carbocycles. The Morgan fingerprint density at radius 1 is 0.846 bits per heavy atom. The topological polar surface area (TPSA) is 23.6 Å². The smallest absolute Gasteiger partial charge is 0.218 e. The molecule has 0 aliphatic rings. The Morgan fingerprint density at radius 2 is 1.04 bits per heavy atom. The third-order valence-corrected chi connectivity index (χ3v) is 1.57. The molecular formula is C23H52N2O. The van der Waals surface area contributed by atoms with E-state index in [9.17, 15) is 4.79 Å². The molecule has 0 aliphatic heterocycles. The van der Waals surface area contributed by atoms with Crippen LogP contribution in [0.15, 0.2) is 43.5 Å². The molecule has 160 valence electrons. The van der Waals surface area contributed by atoms with Crippen molar-refractivity contribution < 1.29 is 4.79 Å². The molecule has 1 aromatic rings. The zero-order valence-electron chi connectivity index (χ0n) is 17.2. The van der Waals surface area contributed by atoms with Crippen LogP contribution in [0.1, 0.15) is 55.5 Å². The minimum atomic E-state index is 0. The molecule has 0 spiro atoms. The predicted molar refractivity (Wildman–Crippen MR) is 127 cm³/mol. The Balaban J connectivity index is -0.0000000354. The largest absolute Gasteiger partial charge is 0.349 e. The molecule has 0 radical (unpaired) electrons. The van der Waals surface area contributed by atoms with Gasteiger partial charge in [-0.05, 0) is 34.0 Å². The SMILES string of the molecule is C.C.C.C=C.CC(=O)N(C)C.CC(C)C.CN(C)C.Cc1ccccc1. The molecule has 0 saturated carbocycles. The third-order valence-electron chi connectivity index (χ3n) is 1.57. The van der Waals surface area contributed by atoms with Crippen molar-refractivity contribution in [2.24, 2.45) is 5.92 Å². The van der Waals surface area contributed by atoms with Gasteiger partial charge in [0.05, 0.1) is 0 Å². The minimum Gasteiger partial charge on any atom is -0.349 e. The van der Waals surface area contributed by atoms with E-state index in [2.05, 4.69) is 53.0 Å². The van der Waals surface area contributed by atoms with Gasteiger partial charge in [0, 0.05) is 21.0 Å². The normalized spacial score (nSPS) is 7.08. The molecule has 0 aliphatic carbocycles. The fraction of sp³-hybridized carbons (Fsp3) is 0.609. The highest BCUT2D eigenvalue weighted by molar-refractivity contribution is 5.72. The van der Waals surface area contributed by atoms with Crippen LogP contribution in [0.25, 0.3) is 0 Å². The zero-order chi connectivity index (χ0) is 19.4. The van der Waals surface area contributed by atoms with E-state index >= 15 is 0 Å². The first kappa shape index (κ1) is 44.1. The van der Waals surface area contributed by atoms with E-state index in [-0.39, 0.29) is 28.2 Å². The molecular weight excluding hydrogens is 320 g/mol. The lowest BCUT2D eigenvalue weighted by atomic mass is 10.2. The summed E-state index contributed by atoms with van der Waals surface area (Å²) in [4.78, 5) is 13.6. The van der Waals surface area contributed by atoms with Gasteiger partial charge in [0.2, 0.25) is 5.91 Å². The van der Waals surface area contributed by atoms with Crippen LogP contribution in [0.2, 0.25) is 0 Å². The Bertz CT molecular complexity index is 322. The number of benzene rings is 1. The molecule has 26 heavy (non-hydrogen) atoms. The monoisotopic (exact) mass is 372 g/mol. The average Bonchev–Trinajstić information content (AvgIpc) is 2.41. The molecule has 0 heterocycles. The Labute approximate surface area is 168 Å². The summed E-state index contributed by atoms with van der Waals surface area (Å²) in [6.07, 6.45) is 0. The lowest BCUT2D eigenvalue weighted by molar-refractivity contribution is -0.126. The molecule has 0 fully saturated rings. The van der Waals surface area contributed by atoms with Crippen molar-refractivity contribution >= 4 is 5.91 Å². The van der Waals surface area contributed by atoms with E-state index in [4.69, 9.17) is 0 Å². The highest BCUT2D eigenvalue weighted by Gasteiger charge is 1.87. The highest BCUT2D eigenvalue weighted by Crippen LogP contribution is 1.92. The van der Waals surface area contributed by atoms with Gasteiger partial charge >= 0.3 is 0 Å². The predicted octanol–water partition coefficient (Wildman–Crippen LogP) is 6.64. The van der Waals surface area contributed by atoms with E-state index in [1.165, 1.54) is 17.4 Å². The number of rotatable bonds is 0. The first-order valence-electron chi connectivity index (χ1n) is 7.81. The molecule has 3 heteroatoms. The number of nitrogens with zero attached hydrogens (tertiary/aromatic N) is 2. The van der Waals surface area contributed by atoms with Gasteiger partial charge in [-0.1, -0.05) is 78.9 Å². The van der Waals surface area contributed by atoms with E-state index in [1.807, 2.05) is 44.2 Å². The van der Waals surface area contributed by atoms with Crippen LogP contribution < -0.4 is 0 Å². The summed E-state index contributed by atoms with van der Waals surface area (Å²) >= 11 is 0.